The smallest absolute Gasteiger partial charge is 0.131 e. The van der Waals surface area contributed by atoms with E-state index in [1.54, 1.807) is 0 Å². The fourth-order valence-corrected chi connectivity index (χ4v) is 2.51. The van der Waals surface area contributed by atoms with Crippen LogP contribution in [0.5, 0.6) is 0 Å². The Morgan fingerprint density at radius 2 is 1.95 bits per heavy atom. The lowest BCUT2D eigenvalue weighted by molar-refractivity contribution is 0.491. The van der Waals surface area contributed by atoms with Crippen LogP contribution in [-0.2, 0) is 19.0 Å². The number of nitrogens with two attached hydrogens (primary N) is 1. The van der Waals surface area contributed by atoms with Crippen LogP contribution in [0, 0.1) is 6.92 Å². The molecule has 2 N–H and O–H groups in total. The van der Waals surface area contributed by atoms with Gasteiger partial charge in [0.2, 0.25) is 0 Å². The van der Waals surface area contributed by atoms with Crippen molar-refractivity contribution in [2.24, 2.45) is 7.05 Å². The van der Waals surface area contributed by atoms with E-state index in [1.165, 1.54) is 0 Å². The minimum atomic E-state index is -0.0315. The Hall–Kier alpha value is -1.78. The fourth-order valence-electron chi connectivity index (χ4n) is 2.51. The average Bonchev–Trinajstić information content (AvgIpc) is 2.89. The molecule has 5 nitrogen and oxygen atoms in total. The first kappa shape index (κ1) is 15.6. The molecule has 0 aliphatic carbocycles. The molecule has 0 spiro atoms. The lowest BCUT2D eigenvalue weighted by Crippen LogP contribution is -2.20. The molecule has 5 heteroatoms. The first-order chi connectivity index (χ1) is 9.77. The molecule has 0 fully saturated rings. The fraction of sp³-hybridized carbons (Fsp3) is 0.625. The molecule has 0 saturated carbocycles. The molecule has 0 aromatic carbocycles. The number of unbranched alkanes of at least 4 members (excludes halogenated alkanes) is 1. The number of anilines is 1. The van der Waals surface area contributed by atoms with Gasteiger partial charge in [0.15, 0.2) is 0 Å². The van der Waals surface area contributed by atoms with Crippen molar-refractivity contribution in [3.63, 3.8) is 0 Å². The van der Waals surface area contributed by atoms with Crippen LogP contribution in [0.4, 0.5) is 5.82 Å². The zero-order valence-corrected chi connectivity index (χ0v) is 14.1. The van der Waals surface area contributed by atoms with Crippen LogP contribution in [0.25, 0.3) is 11.3 Å². The highest BCUT2D eigenvalue weighted by Crippen LogP contribution is 2.33. The minimum absolute atomic E-state index is 0.0315. The van der Waals surface area contributed by atoms with Crippen molar-refractivity contribution in [3.05, 3.63) is 17.7 Å². The standard InChI is InChI=1S/C16H27N5/c1-7-8-9-21-14(17)13(19-15(21)16(3,4)5)12-10-18-20(6)11(12)2/h10H,7-9,17H2,1-6H3. The molecular formula is C16H27N5. The van der Waals surface area contributed by atoms with Crippen LogP contribution >= 0.6 is 0 Å². The van der Waals surface area contributed by atoms with Crippen molar-refractivity contribution >= 4 is 5.82 Å². The van der Waals surface area contributed by atoms with Gasteiger partial charge in [0.05, 0.1) is 6.20 Å². The summed E-state index contributed by atoms with van der Waals surface area (Å²) in [5, 5.41) is 4.31. The summed E-state index contributed by atoms with van der Waals surface area (Å²) in [5.41, 5.74) is 9.36. The van der Waals surface area contributed by atoms with E-state index in [2.05, 4.69) is 37.4 Å². The monoisotopic (exact) mass is 289 g/mol. The quantitative estimate of drug-likeness (QED) is 0.939. The molecule has 0 aliphatic rings. The summed E-state index contributed by atoms with van der Waals surface area (Å²) >= 11 is 0. The van der Waals surface area contributed by atoms with E-state index in [-0.39, 0.29) is 5.41 Å². The van der Waals surface area contributed by atoms with Gasteiger partial charge in [-0.2, -0.15) is 5.10 Å². The average molecular weight is 289 g/mol. The van der Waals surface area contributed by atoms with Gasteiger partial charge in [0.1, 0.15) is 17.3 Å². The molecule has 0 atom stereocenters. The van der Waals surface area contributed by atoms with Crippen molar-refractivity contribution in [2.75, 3.05) is 5.73 Å². The van der Waals surface area contributed by atoms with Crippen molar-refractivity contribution in [1.29, 1.82) is 0 Å². The highest BCUT2D eigenvalue weighted by molar-refractivity contribution is 5.72. The largest absolute Gasteiger partial charge is 0.383 e. The van der Waals surface area contributed by atoms with Crippen molar-refractivity contribution < 1.29 is 0 Å². The topological polar surface area (TPSA) is 61.7 Å². The van der Waals surface area contributed by atoms with Crippen LogP contribution in [0.3, 0.4) is 0 Å². The Labute approximate surface area is 127 Å². The van der Waals surface area contributed by atoms with Crippen LogP contribution in [0.1, 0.15) is 52.1 Å². The predicted octanol–water partition coefficient (Wildman–Crippen LogP) is 3.27. The number of hydrogen-bond donors (Lipinski definition) is 1. The molecule has 2 aromatic rings. The summed E-state index contributed by atoms with van der Waals surface area (Å²) in [7, 11) is 1.94. The van der Waals surface area contributed by atoms with E-state index in [9.17, 15) is 0 Å². The summed E-state index contributed by atoms with van der Waals surface area (Å²) in [5.74, 6) is 1.80. The minimum Gasteiger partial charge on any atom is -0.383 e. The lowest BCUT2D eigenvalue weighted by atomic mass is 9.95. The van der Waals surface area contributed by atoms with Crippen molar-refractivity contribution in [3.8, 4) is 11.3 Å². The lowest BCUT2D eigenvalue weighted by Gasteiger charge is -2.20. The Morgan fingerprint density at radius 1 is 1.29 bits per heavy atom. The third kappa shape index (κ3) is 2.82. The number of aromatic nitrogens is 4. The Morgan fingerprint density at radius 3 is 2.43 bits per heavy atom. The number of imidazole rings is 1. The van der Waals surface area contributed by atoms with Gasteiger partial charge in [-0.1, -0.05) is 34.1 Å². The van der Waals surface area contributed by atoms with E-state index in [1.807, 2.05) is 24.9 Å². The van der Waals surface area contributed by atoms with Crippen LogP contribution in [0.15, 0.2) is 6.20 Å². The van der Waals surface area contributed by atoms with Crippen LogP contribution < -0.4 is 5.73 Å². The number of nitrogens with zero attached hydrogens (tertiary/aromatic N) is 4. The van der Waals surface area contributed by atoms with Gasteiger partial charge < -0.3 is 10.3 Å². The maximum absolute atomic E-state index is 6.42. The van der Waals surface area contributed by atoms with E-state index in [0.717, 1.165) is 48.0 Å². The van der Waals surface area contributed by atoms with Crippen molar-refractivity contribution in [1.82, 2.24) is 19.3 Å². The van der Waals surface area contributed by atoms with Gasteiger partial charge in [0, 0.05) is 30.3 Å². The number of nitrogen functional groups attached to an aromatic ring is 1. The second-order valence-electron chi connectivity index (χ2n) is 6.69. The van der Waals surface area contributed by atoms with Gasteiger partial charge in [0.25, 0.3) is 0 Å². The molecule has 116 valence electrons. The Bertz CT molecular complexity index is 628. The summed E-state index contributed by atoms with van der Waals surface area (Å²) in [6.45, 7) is 11.7. The second-order valence-corrected chi connectivity index (χ2v) is 6.69. The summed E-state index contributed by atoms with van der Waals surface area (Å²) < 4.78 is 4.03. The summed E-state index contributed by atoms with van der Waals surface area (Å²) in [6.07, 6.45) is 4.10. The molecule has 0 aliphatic heterocycles. The zero-order valence-electron chi connectivity index (χ0n) is 14.1. The molecule has 21 heavy (non-hydrogen) atoms. The first-order valence-electron chi connectivity index (χ1n) is 7.62. The Kier molecular flexibility index (Phi) is 4.12. The third-order valence-electron chi connectivity index (χ3n) is 3.90. The van der Waals surface area contributed by atoms with Crippen molar-refractivity contribution in [2.45, 2.75) is 59.4 Å². The number of hydrogen-bond acceptors (Lipinski definition) is 3. The Balaban J connectivity index is 2.58. The molecule has 0 unspecified atom stereocenters. The van der Waals surface area contributed by atoms with E-state index < -0.39 is 0 Å². The molecule has 2 aromatic heterocycles. The molecule has 2 rings (SSSR count). The maximum Gasteiger partial charge on any atom is 0.131 e. The van der Waals surface area contributed by atoms with Gasteiger partial charge in [-0.25, -0.2) is 4.98 Å². The maximum atomic E-state index is 6.42. The SMILES string of the molecule is CCCCn1c(C(C)(C)C)nc(-c2cnn(C)c2C)c1N. The molecular weight excluding hydrogens is 262 g/mol. The molecule has 2 heterocycles. The summed E-state index contributed by atoms with van der Waals surface area (Å²) in [4.78, 5) is 4.86. The molecule has 0 radical (unpaired) electrons. The van der Waals surface area contributed by atoms with Crippen LogP contribution in [-0.4, -0.2) is 19.3 Å². The van der Waals surface area contributed by atoms with Gasteiger partial charge in [-0.05, 0) is 13.3 Å². The predicted molar refractivity (Wildman–Crippen MR) is 87.2 cm³/mol. The number of aryl methyl sites for hydroxylation is 1. The number of rotatable bonds is 4. The molecule has 0 bridgehead atoms. The van der Waals surface area contributed by atoms with E-state index in [0.29, 0.717) is 0 Å². The van der Waals surface area contributed by atoms with Crippen LogP contribution in [0.2, 0.25) is 0 Å². The summed E-state index contributed by atoms with van der Waals surface area (Å²) in [6, 6.07) is 0. The highest BCUT2D eigenvalue weighted by Gasteiger charge is 2.26. The third-order valence-corrected chi connectivity index (χ3v) is 3.90. The zero-order chi connectivity index (χ0) is 15.8. The first-order valence-corrected chi connectivity index (χ1v) is 7.62. The van der Waals surface area contributed by atoms with Gasteiger partial charge >= 0.3 is 0 Å². The van der Waals surface area contributed by atoms with E-state index >= 15 is 0 Å². The second kappa shape index (κ2) is 5.54. The molecule has 0 amide bonds. The molecule has 0 saturated heterocycles. The highest BCUT2D eigenvalue weighted by atomic mass is 15.3. The van der Waals surface area contributed by atoms with E-state index in [4.69, 9.17) is 10.7 Å². The normalized spacial score (nSPS) is 12.1. The van der Waals surface area contributed by atoms with Gasteiger partial charge in [-0.3, -0.25) is 4.68 Å². The van der Waals surface area contributed by atoms with Gasteiger partial charge in [-0.15, -0.1) is 0 Å².